The summed E-state index contributed by atoms with van der Waals surface area (Å²) < 4.78 is 44.6. The Bertz CT molecular complexity index is 946. The van der Waals surface area contributed by atoms with E-state index in [0.717, 1.165) is 39.6 Å². The van der Waals surface area contributed by atoms with Gasteiger partial charge in [0.1, 0.15) is 24.2 Å². The molecule has 158 valence electrons. The summed E-state index contributed by atoms with van der Waals surface area (Å²) in [5.41, 5.74) is 2.38. The van der Waals surface area contributed by atoms with E-state index in [2.05, 4.69) is 5.32 Å². The zero-order valence-corrected chi connectivity index (χ0v) is 17.9. The Morgan fingerprint density at radius 3 is 2.38 bits per heavy atom. The number of benzene rings is 2. The van der Waals surface area contributed by atoms with E-state index in [-0.39, 0.29) is 25.3 Å². The number of halogens is 1. The van der Waals surface area contributed by atoms with Crippen LogP contribution in [0.3, 0.4) is 0 Å². The summed E-state index contributed by atoms with van der Waals surface area (Å²) in [7, 11) is -3.75. The lowest BCUT2D eigenvalue weighted by Crippen LogP contribution is -2.50. The van der Waals surface area contributed by atoms with Gasteiger partial charge in [-0.1, -0.05) is 24.6 Å². The van der Waals surface area contributed by atoms with Crippen molar-refractivity contribution < 1.29 is 22.3 Å². The van der Waals surface area contributed by atoms with Crippen molar-refractivity contribution in [2.45, 2.75) is 33.2 Å². The van der Waals surface area contributed by atoms with E-state index in [1.165, 1.54) is 12.1 Å². The standard InChI is InChI=1S/C21H27FN2O4S/c1-5-19(24(29(4,26)27)18-9-7-17(22)8-10-18)21(25)23-12-13-28-20-11-6-15(2)14-16(20)3/h6-11,14,19H,5,12-13H2,1-4H3,(H,23,25)/t19-/m0/s1. The fourth-order valence-corrected chi connectivity index (χ4v) is 4.27. The van der Waals surface area contributed by atoms with Gasteiger partial charge >= 0.3 is 0 Å². The molecular formula is C21H27FN2O4S. The predicted octanol–water partition coefficient (Wildman–Crippen LogP) is 3.18. The molecule has 6 nitrogen and oxygen atoms in total. The van der Waals surface area contributed by atoms with Crippen LogP contribution in [-0.4, -0.2) is 39.8 Å². The van der Waals surface area contributed by atoms with Crippen LogP contribution in [0.4, 0.5) is 10.1 Å². The minimum Gasteiger partial charge on any atom is -0.491 e. The molecule has 8 heteroatoms. The minimum absolute atomic E-state index is 0.226. The van der Waals surface area contributed by atoms with Gasteiger partial charge in [-0.3, -0.25) is 9.10 Å². The maximum Gasteiger partial charge on any atom is 0.244 e. The Labute approximate surface area is 171 Å². The van der Waals surface area contributed by atoms with Gasteiger partial charge in [0, 0.05) is 0 Å². The van der Waals surface area contributed by atoms with Crippen molar-refractivity contribution in [1.82, 2.24) is 5.32 Å². The van der Waals surface area contributed by atoms with Crippen molar-refractivity contribution in [3.05, 3.63) is 59.4 Å². The zero-order chi connectivity index (χ0) is 21.6. The molecule has 1 amide bonds. The normalized spacial score (nSPS) is 12.3. The highest BCUT2D eigenvalue weighted by Gasteiger charge is 2.31. The van der Waals surface area contributed by atoms with Gasteiger partial charge in [0.05, 0.1) is 18.5 Å². The van der Waals surface area contributed by atoms with Gasteiger partial charge in [-0.05, 0) is 56.2 Å². The van der Waals surface area contributed by atoms with Gasteiger partial charge in [0.15, 0.2) is 0 Å². The van der Waals surface area contributed by atoms with E-state index in [1.54, 1.807) is 6.92 Å². The van der Waals surface area contributed by atoms with E-state index >= 15 is 0 Å². The number of sulfonamides is 1. The number of anilines is 1. The number of rotatable bonds is 9. The number of nitrogens with one attached hydrogen (secondary N) is 1. The third-order valence-electron chi connectivity index (χ3n) is 4.40. The number of amides is 1. The second-order valence-corrected chi connectivity index (χ2v) is 8.73. The Kier molecular flexibility index (Phi) is 7.61. The fourth-order valence-electron chi connectivity index (χ4n) is 3.06. The first-order valence-corrected chi connectivity index (χ1v) is 11.2. The van der Waals surface area contributed by atoms with Crippen molar-refractivity contribution in [2.75, 3.05) is 23.7 Å². The molecule has 2 aromatic rings. The van der Waals surface area contributed by atoms with Crippen molar-refractivity contribution in [1.29, 1.82) is 0 Å². The first-order chi connectivity index (χ1) is 13.6. The lowest BCUT2D eigenvalue weighted by atomic mass is 10.1. The van der Waals surface area contributed by atoms with Gasteiger partial charge in [-0.15, -0.1) is 0 Å². The van der Waals surface area contributed by atoms with Crippen LogP contribution in [0, 0.1) is 19.7 Å². The van der Waals surface area contributed by atoms with Crippen molar-refractivity contribution in [3.63, 3.8) is 0 Å². The van der Waals surface area contributed by atoms with E-state index < -0.39 is 27.8 Å². The molecule has 29 heavy (non-hydrogen) atoms. The summed E-state index contributed by atoms with van der Waals surface area (Å²) in [5.74, 6) is -0.185. The monoisotopic (exact) mass is 422 g/mol. The molecule has 2 rings (SSSR count). The predicted molar refractivity (Wildman–Crippen MR) is 112 cm³/mol. The average Bonchev–Trinajstić information content (AvgIpc) is 2.64. The number of carbonyl (C=O) groups excluding carboxylic acids is 1. The summed E-state index contributed by atoms with van der Waals surface area (Å²) in [4.78, 5) is 12.7. The van der Waals surface area contributed by atoms with Crippen molar-refractivity contribution >= 4 is 21.6 Å². The molecule has 0 bridgehead atoms. The number of aryl methyl sites for hydroxylation is 2. The van der Waals surface area contributed by atoms with Crippen LogP contribution in [0.15, 0.2) is 42.5 Å². The van der Waals surface area contributed by atoms with Gasteiger partial charge < -0.3 is 10.1 Å². The second kappa shape index (κ2) is 9.73. The van der Waals surface area contributed by atoms with Crippen LogP contribution in [0.5, 0.6) is 5.75 Å². The molecule has 0 aliphatic carbocycles. The molecule has 2 aromatic carbocycles. The molecule has 0 radical (unpaired) electrons. The van der Waals surface area contributed by atoms with E-state index in [9.17, 15) is 17.6 Å². The largest absolute Gasteiger partial charge is 0.491 e. The molecule has 0 aliphatic rings. The molecule has 0 aromatic heterocycles. The number of hydrogen-bond donors (Lipinski definition) is 1. The van der Waals surface area contributed by atoms with Gasteiger partial charge in [-0.25, -0.2) is 12.8 Å². The summed E-state index contributed by atoms with van der Waals surface area (Å²) >= 11 is 0. The quantitative estimate of drug-likeness (QED) is 0.630. The first-order valence-electron chi connectivity index (χ1n) is 9.36. The SMILES string of the molecule is CC[C@@H](C(=O)NCCOc1ccc(C)cc1C)N(c1ccc(F)cc1)S(C)(=O)=O. The third-order valence-corrected chi connectivity index (χ3v) is 5.58. The molecule has 0 heterocycles. The fraction of sp³-hybridized carbons (Fsp3) is 0.381. The number of carbonyl (C=O) groups is 1. The molecule has 0 saturated carbocycles. The Balaban J connectivity index is 2.04. The molecule has 0 saturated heterocycles. The van der Waals surface area contributed by atoms with Crippen LogP contribution < -0.4 is 14.4 Å². The number of ether oxygens (including phenoxy) is 1. The van der Waals surface area contributed by atoms with Crippen molar-refractivity contribution in [3.8, 4) is 5.75 Å². The topological polar surface area (TPSA) is 75.7 Å². The molecule has 1 atom stereocenters. The average molecular weight is 423 g/mol. The molecular weight excluding hydrogens is 395 g/mol. The number of nitrogens with zero attached hydrogens (tertiary/aromatic N) is 1. The Morgan fingerprint density at radius 2 is 1.83 bits per heavy atom. The minimum atomic E-state index is -3.75. The van der Waals surface area contributed by atoms with Crippen LogP contribution in [0.2, 0.25) is 0 Å². The summed E-state index contributed by atoms with van der Waals surface area (Å²) in [6.07, 6.45) is 1.28. The van der Waals surface area contributed by atoms with Crippen LogP contribution in [0.1, 0.15) is 24.5 Å². The van der Waals surface area contributed by atoms with Gasteiger partial charge in [-0.2, -0.15) is 0 Å². The molecule has 1 N–H and O–H groups in total. The third kappa shape index (κ3) is 6.19. The molecule has 0 fully saturated rings. The van der Waals surface area contributed by atoms with Gasteiger partial charge in [0.25, 0.3) is 0 Å². The lowest BCUT2D eigenvalue weighted by Gasteiger charge is -2.30. The number of hydrogen-bond acceptors (Lipinski definition) is 4. The highest BCUT2D eigenvalue weighted by molar-refractivity contribution is 7.92. The van der Waals surface area contributed by atoms with E-state index in [4.69, 9.17) is 4.74 Å². The Hall–Kier alpha value is -2.61. The van der Waals surface area contributed by atoms with E-state index in [1.807, 2.05) is 32.0 Å². The van der Waals surface area contributed by atoms with E-state index in [0.29, 0.717) is 0 Å². The highest BCUT2D eigenvalue weighted by atomic mass is 32.2. The maximum absolute atomic E-state index is 13.2. The van der Waals surface area contributed by atoms with Crippen molar-refractivity contribution in [2.24, 2.45) is 0 Å². The summed E-state index contributed by atoms with van der Waals surface area (Å²) in [6, 6.07) is 9.89. The second-order valence-electron chi connectivity index (χ2n) is 6.87. The van der Waals surface area contributed by atoms with Crippen LogP contribution >= 0.6 is 0 Å². The summed E-state index contributed by atoms with van der Waals surface area (Å²) in [5, 5.41) is 2.72. The highest BCUT2D eigenvalue weighted by Crippen LogP contribution is 2.23. The van der Waals surface area contributed by atoms with Crippen LogP contribution in [-0.2, 0) is 14.8 Å². The molecule has 0 spiro atoms. The zero-order valence-electron chi connectivity index (χ0n) is 17.1. The molecule has 0 aliphatic heterocycles. The maximum atomic E-state index is 13.2. The Morgan fingerprint density at radius 1 is 1.17 bits per heavy atom. The van der Waals surface area contributed by atoms with Gasteiger partial charge in [0.2, 0.25) is 15.9 Å². The van der Waals surface area contributed by atoms with Crippen LogP contribution in [0.25, 0.3) is 0 Å². The first kappa shape index (κ1) is 22.7. The smallest absolute Gasteiger partial charge is 0.244 e. The summed E-state index contributed by atoms with van der Waals surface area (Å²) in [6.45, 7) is 6.14. The lowest BCUT2D eigenvalue weighted by molar-refractivity contribution is -0.122. The molecule has 0 unspecified atom stereocenters.